The maximum Gasteiger partial charge on any atom is 0.344 e. The number of aromatic nitrogens is 3. The second kappa shape index (κ2) is 7.26. The second-order valence-electron chi connectivity index (χ2n) is 5.22. The van der Waals surface area contributed by atoms with E-state index in [9.17, 15) is 4.79 Å². The SMILES string of the molecule is CC(C)COC(=O)COc1cc(-c2ccc(Cl)cn2)n(C)n1. The Morgan fingerprint density at radius 1 is 1.41 bits per heavy atom. The summed E-state index contributed by atoms with van der Waals surface area (Å²) < 4.78 is 12.0. The minimum absolute atomic E-state index is 0.169. The van der Waals surface area contributed by atoms with E-state index in [2.05, 4.69) is 10.1 Å². The number of esters is 1. The zero-order valence-electron chi connectivity index (χ0n) is 12.7. The van der Waals surface area contributed by atoms with Crippen LogP contribution in [0.5, 0.6) is 5.88 Å². The fraction of sp³-hybridized carbons (Fsp3) is 0.400. The molecule has 6 nitrogen and oxygen atoms in total. The Bertz CT molecular complexity index is 638. The van der Waals surface area contributed by atoms with Gasteiger partial charge in [-0.2, -0.15) is 0 Å². The van der Waals surface area contributed by atoms with Crippen LogP contribution < -0.4 is 4.74 Å². The molecule has 0 unspecified atom stereocenters. The molecule has 0 fully saturated rings. The topological polar surface area (TPSA) is 66.2 Å². The van der Waals surface area contributed by atoms with Gasteiger partial charge in [0.25, 0.3) is 0 Å². The van der Waals surface area contributed by atoms with Crippen molar-refractivity contribution >= 4 is 17.6 Å². The molecule has 7 heteroatoms. The fourth-order valence-corrected chi connectivity index (χ4v) is 1.82. The van der Waals surface area contributed by atoms with Crippen molar-refractivity contribution in [2.75, 3.05) is 13.2 Å². The summed E-state index contributed by atoms with van der Waals surface area (Å²) in [6, 6.07) is 5.26. The molecule has 118 valence electrons. The van der Waals surface area contributed by atoms with Crippen LogP contribution in [-0.4, -0.2) is 33.9 Å². The van der Waals surface area contributed by atoms with E-state index in [-0.39, 0.29) is 6.61 Å². The summed E-state index contributed by atoms with van der Waals surface area (Å²) in [6.07, 6.45) is 1.56. The van der Waals surface area contributed by atoms with Gasteiger partial charge in [-0.05, 0) is 18.1 Å². The van der Waals surface area contributed by atoms with Crippen molar-refractivity contribution in [2.24, 2.45) is 13.0 Å². The number of nitrogens with zero attached hydrogens (tertiary/aromatic N) is 3. The van der Waals surface area contributed by atoms with Gasteiger partial charge in [0.1, 0.15) is 0 Å². The van der Waals surface area contributed by atoms with E-state index in [0.29, 0.717) is 23.4 Å². The Balaban J connectivity index is 1.98. The number of aryl methyl sites for hydroxylation is 1. The third-order valence-electron chi connectivity index (χ3n) is 2.76. The molecule has 0 aliphatic carbocycles. The number of carbonyl (C=O) groups excluding carboxylic acids is 1. The number of carbonyl (C=O) groups is 1. The molecule has 2 heterocycles. The van der Waals surface area contributed by atoms with E-state index < -0.39 is 5.97 Å². The molecule has 0 radical (unpaired) electrons. The Kier molecular flexibility index (Phi) is 5.38. The molecule has 0 saturated carbocycles. The van der Waals surface area contributed by atoms with Crippen LogP contribution in [0, 0.1) is 5.92 Å². The van der Waals surface area contributed by atoms with Gasteiger partial charge in [-0.25, -0.2) is 4.79 Å². The molecular weight excluding hydrogens is 306 g/mol. The van der Waals surface area contributed by atoms with E-state index >= 15 is 0 Å². The van der Waals surface area contributed by atoms with Crippen LogP contribution in [0.25, 0.3) is 11.4 Å². The lowest BCUT2D eigenvalue weighted by atomic mass is 10.2. The maximum absolute atomic E-state index is 11.5. The molecule has 2 rings (SSSR count). The molecular formula is C15H18ClN3O3. The van der Waals surface area contributed by atoms with Gasteiger partial charge in [-0.3, -0.25) is 9.67 Å². The van der Waals surface area contributed by atoms with Crippen LogP contribution in [0.4, 0.5) is 0 Å². The average Bonchev–Trinajstić information content (AvgIpc) is 2.85. The third-order valence-corrected chi connectivity index (χ3v) is 2.99. The van der Waals surface area contributed by atoms with Crippen LogP contribution in [0.15, 0.2) is 24.4 Å². The van der Waals surface area contributed by atoms with Gasteiger partial charge in [0.2, 0.25) is 5.88 Å². The quantitative estimate of drug-likeness (QED) is 0.765. The molecule has 0 saturated heterocycles. The molecule has 0 spiro atoms. The minimum atomic E-state index is -0.412. The second-order valence-corrected chi connectivity index (χ2v) is 5.66. The number of hydrogen-bond donors (Lipinski definition) is 0. The lowest BCUT2D eigenvalue weighted by Crippen LogP contribution is -2.17. The summed E-state index contributed by atoms with van der Waals surface area (Å²) in [5, 5.41) is 4.76. The molecule has 0 aromatic carbocycles. The summed E-state index contributed by atoms with van der Waals surface area (Å²) in [7, 11) is 1.77. The van der Waals surface area contributed by atoms with Gasteiger partial charge in [-0.15, -0.1) is 5.10 Å². The molecule has 22 heavy (non-hydrogen) atoms. The zero-order valence-corrected chi connectivity index (χ0v) is 13.5. The molecule has 0 amide bonds. The number of rotatable bonds is 6. The summed E-state index contributed by atoms with van der Waals surface area (Å²) in [5.41, 5.74) is 1.49. The first-order chi connectivity index (χ1) is 10.5. The van der Waals surface area contributed by atoms with Crippen LogP contribution in [0.1, 0.15) is 13.8 Å². The number of pyridine rings is 1. The molecule has 0 aliphatic rings. The summed E-state index contributed by atoms with van der Waals surface area (Å²) in [6.45, 7) is 4.15. The van der Waals surface area contributed by atoms with E-state index in [1.807, 2.05) is 13.8 Å². The molecule has 0 atom stereocenters. The minimum Gasteiger partial charge on any atom is -0.465 e. The summed E-state index contributed by atoms with van der Waals surface area (Å²) in [4.78, 5) is 15.7. The lowest BCUT2D eigenvalue weighted by molar-refractivity contribution is -0.147. The predicted octanol–water partition coefficient (Wildman–Crippen LogP) is 2.71. The predicted molar refractivity (Wildman–Crippen MR) is 82.7 cm³/mol. The highest BCUT2D eigenvalue weighted by atomic mass is 35.5. The summed E-state index contributed by atoms with van der Waals surface area (Å²) >= 11 is 5.82. The molecule has 0 aliphatic heterocycles. The normalized spacial score (nSPS) is 10.8. The van der Waals surface area contributed by atoms with Gasteiger partial charge >= 0.3 is 5.97 Å². The largest absolute Gasteiger partial charge is 0.465 e. The smallest absolute Gasteiger partial charge is 0.344 e. The van der Waals surface area contributed by atoms with Crippen molar-refractivity contribution in [2.45, 2.75) is 13.8 Å². The first-order valence-electron chi connectivity index (χ1n) is 6.90. The lowest BCUT2D eigenvalue weighted by Gasteiger charge is -2.06. The first-order valence-corrected chi connectivity index (χ1v) is 7.28. The zero-order chi connectivity index (χ0) is 16.1. The van der Waals surface area contributed by atoms with Crippen molar-refractivity contribution < 1.29 is 14.3 Å². The van der Waals surface area contributed by atoms with Gasteiger partial charge < -0.3 is 9.47 Å². The van der Waals surface area contributed by atoms with Crippen LogP contribution in [0.3, 0.4) is 0 Å². The molecule has 2 aromatic heterocycles. The Morgan fingerprint density at radius 3 is 2.82 bits per heavy atom. The Hall–Kier alpha value is -2.08. The van der Waals surface area contributed by atoms with Crippen LogP contribution in [0.2, 0.25) is 5.02 Å². The van der Waals surface area contributed by atoms with Gasteiger partial charge in [-0.1, -0.05) is 25.4 Å². The summed E-state index contributed by atoms with van der Waals surface area (Å²) in [5.74, 6) is 0.225. The molecule has 0 N–H and O–H groups in total. The highest BCUT2D eigenvalue weighted by molar-refractivity contribution is 6.30. The monoisotopic (exact) mass is 323 g/mol. The highest BCUT2D eigenvalue weighted by Gasteiger charge is 2.12. The van der Waals surface area contributed by atoms with E-state index in [0.717, 1.165) is 11.4 Å². The van der Waals surface area contributed by atoms with Crippen LogP contribution in [-0.2, 0) is 16.6 Å². The first kappa shape index (κ1) is 16.3. The van der Waals surface area contributed by atoms with E-state index in [4.69, 9.17) is 21.1 Å². The van der Waals surface area contributed by atoms with Gasteiger partial charge in [0.15, 0.2) is 6.61 Å². The van der Waals surface area contributed by atoms with Crippen molar-refractivity contribution in [1.82, 2.24) is 14.8 Å². The molecule has 0 bridgehead atoms. The van der Waals surface area contributed by atoms with Crippen LogP contribution >= 0.6 is 11.6 Å². The number of halogens is 1. The highest BCUT2D eigenvalue weighted by Crippen LogP contribution is 2.22. The number of ether oxygens (including phenoxy) is 2. The van der Waals surface area contributed by atoms with Crippen molar-refractivity contribution in [3.8, 4) is 17.3 Å². The van der Waals surface area contributed by atoms with Gasteiger partial charge in [0, 0.05) is 19.3 Å². The van der Waals surface area contributed by atoms with Crippen molar-refractivity contribution in [3.63, 3.8) is 0 Å². The van der Waals surface area contributed by atoms with Gasteiger partial charge in [0.05, 0.1) is 23.0 Å². The van der Waals surface area contributed by atoms with E-state index in [1.54, 1.807) is 36.1 Å². The van der Waals surface area contributed by atoms with Crippen molar-refractivity contribution in [3.05, 3.63) is 29.4 Å². The Labute approximate surface area is 134 Å². The third kappa shape index (κ3) is 4.46. The number of hydrogen-bond acceptors (Lipinski definition) is 5. The van der Waals surface area contributed by atoms with E-state index in [1.165, 1.54) is 0 Å². The average molecular weight is 324 g/mol. The maximum atomic E-state index is 11.5. The standard InChI is InChI=1S/C15H18ClN3O3/c1-10(2)8-22-15(20)9-21-14-6-13(19(3)18-14)12-5-4-11(16)7-17-12/h4-7,10H,8-9H2,1-3H3. The Morgan fingerprint density at radius 2 is 2.18 bits per heavy atom. The fourth-order valence-electron chi connectivity index (χ4n) is 1.71. The van der Waals surface area contributed by atoms with Crippen molar-refractivity contribution in [1.29, 1.82) is 0 Å². The molecule has 2 aromatic rings.